The predicted octanol–water partition coefficient (Wildman–Crippen LogP) is 2.05. The van der Waals surface area contributed by atoms with Gasteiger partial charge in [-0.15, -0.1) is 0 Å². The molecule has 0 atom stereocenters. The highest BCUT2D eigenvalue weighted by Crippen LogP contribution is 2.38. The quantitative estimate of drug-likeness (QED) is 0.736. The van der Waals surface area contributed by atoms with E-state index in [0.29, 0.717) is 22.8 Å². The number of ether oxygens (including phenoxy) is 4. The van der Waals surface area contributed by atoms with Crippen LogP contribution in [0.1, 0.15) is 17.3 Å². The summed E-state index contributed by atoms with van der Waals surface area (Å²) >= 11 is 0. The number of methoxy groups -OCH3 is 3. The van der Waals surface area contributed by atoms with Gasteiger partial charge in [0.1, 0.15) is 6.61 Å². The molecule has 5 nitrogen and oxygen atoms in total. The van der Waals surface area contributed by atoms with Crippen LogP contribution in [0.2, 0.25) is 0 Å². The van der Waals surface area contributed by atoms with Gasteiger partial charge in [-0.25, -0.2) is 4.79 Å². The SMILES string of the molecule is C[CH]OC(=O)c1cc(OC)c(OC)c(OC)c1. The molecule has 0 aliphatic heterocycles. The fraction of sp³-hybridized carbons (Fsp3) is 0.333. The maximum Gasteiger partial charge on any atom is 0.338 e. The number of esters is 1. The molecule has 1 rings (SSSR count). The fourth-order valence-corrected chi connectivity index (χ4v) is 1.37. The third kappa shape index (κ3) is 2.81. The third-order valence-corrected chi connectivity index (χ3v) is 2.13. The monoisotopic (exact) mass is 239 g/mol. The van der Waals surface area contributed by atoms with Crippen LogP contribution in [0.25, 0.3) is 0 Å². The minimum absolute atomic E-state index is 0.331. The Hall–Kier alpha value is -1.91. The Kier molecular flexibility index (Phi) is 4.63. The van der Waals surface area contributed by atoms with Crippen LogP contribution in [0.15, 0.2) is 12.1 Å². The highest BCUT2D eigenvalue weighted by molar-refractivity contribution is 5.91. The Morgan fingerprint density at radius 1 is 1.06 bits per heavy atom. The molecule has 1 aromatic carbocycles. The molecule has 0 unspecified atom stereocenters. The van der Waals surface area contributed by atoms with Crippen molar-refractivity contribution in [3.63, 3.8) is 0 Å². The molecule has 0 saturated heterocycles. The minimum atomic E-state index is -0.480. The van der Waals surface area contributed by atoms with Crippen LogP contribution >= 0.6 is 0 Å². The van der Waals surface area contributed by atoms with Crippen molar-refractivity contribution in [2.45, 2.75) is 6.92 Å². The first-order chi connectivity index (χ1) is 8.17. The van der Waals surface area contributed by atoms with E-state index in [1.807, 2.05) is 0 Å². The molecule has 0 fully saturated rings. The molecule has 5 heteroatoms. The van der Waals surface area contributed by atoms with E-state index in [2.05, 4.69) is 0 Å². The van der Waals surface area contributed by atoms with Crippen molar-refractivity contribution in [3.8, 4) is 17.2 Å². The van der Waals surface area contributed by atoms with Crippen LogP contribution in [0.5, 0.6) is 17.2 Å². The first-order valence-electron chi connectivity index (χ1n) is 4.96. The zero-order valence-corrected chi connectivity index (χ0v) is 10.3. The summed E-state index contributed by atoms with van der Waals surface area (Å²) < 4.78 is 20.2. The Morgan fingerprint density at radius 3 is 1.94 bits per heavy atom. The number of hydrogen-bond acceptors (Lipinski definition) is 5. The van der Waals surface area contributed by atoms with Gasteiger partial charge in [0.05, 0.1) is 26.9 Å². The van der Waals surface area contributed by atoms with E-state index in [1.54, 1.807) is 6.92 Å². The van der Waals surface area contributed by atoms with Gasteiger partial charge in [0.2, 0.25) is 5.75 Å². The van der Waals surface area contributed by atoms with Gasteiger partial charge in [-0.3, -0.25) is 0 Å². The standard InChI is InChI=1S/C12H15O5/c1-5-17-12(13)8-6-9(14-2)11(16-4)10(7-8)15-3/h5-7H,1-4H3. The van der Waals surface area contributed by atoms with Gasteiger partial charge in [-0.1, -0.05) is 0 Å². The number of hydrogen-bond donors (Lipinski definition) is 0. The van der Waals surface area contributed by atoms with Crippen molar-refractivity contribution in [3.05, 3.63) is 24.3 Å². The maximum atomic E-state index is 11.6. The predicted molar refractivity (Wildman–Crippen MR) is 61.5 cm³/mol. The molecular weight excluding hydrogens is 224 g/mol. The second-order valence-corrected chi connectivity index (χ2v) is 3.06. The molecule has 0 bridgehead atoms. The molecule has 0 amide bonds. The molecule has 0 aliphatic rings. The van der Waals surface area contributed by atoms with Gasteiger partial charge in [-0.05, 0) is 19.1 Å². The van der Waals surface area contributed by atoms with Crippen LogP contribution < -0.4 is 14.2 Å². The van der Waals surface area contributed by atoms with Crippen LogP contribution in [0, 0.1) is 6.61 Å². The summed E-state index contributed by atoms with van der Waals surface area (Å²) in [6, 6.07) is 3.07. The van der Waals surface area contributed by atoms with Crippen LogP contribution in [-0.4, -0.2) is 27.3 Å². The molecule has 1 radical (unpaired) electrons. The van der Waals surface area contributed by atoms with E-state index >= 15 is 0 Å². The van der Waals surface area contributed by atoms with E-state index < -0.39 is 5.97 Å². The Morgan fingerprint density at radius 2 is 1.59 bits per heavy atom. The summed E-state index contributed by atoms with van der Waals surface area (Å²) in [5.41, 5.74) is 0.331. The number of benzene rings is 1. The molecule has 17 heavy (non-hydrogen) atoms. The summed E-state index contributed by atoms with van der Waals surface area (Å²) in [5, 5.41) is 0. The molecule has 0 N–H and O–H groups in total. The van der Waals surface area contributed by atoms with Crippen molar-refractivity contribution in [2.75, 3.05) is 21.3 Å². The van der Waals surface area contributed by atoms with Crippen LogP contribution in [0.4, 0.5) is 0 Å². The first kappa shape index (κ1) is 13.2. The van der Waals surface area contributed by atoms with E-state index in [1.165, 1.54) is 40.1 Å². The van der Waals surface area contributed by atoms with Crippen molar-refractivity contribution < 1.29 is 23.7 Å². The molecule has 93 valence electrons. The normalized spacial score (nSPS) is 9.65. The Labute approximate surface area is 100 Å². The summed E-state index contributed by atoms with van der Waals surface area (Å²) in [7, 11) is 4.47. The third-order valence-electron chi connectivity index (χ3n) is 2.13. The van der Waals surface area contributed by atoms with E-state index in [-0.39, 0.29) is 0 Å². The number of carbonyl (C=O) groups excluding carboxylic acids is 1. The van der Waals surface area contributed by atoms with Gasteiger partial charge in [0, 0.05) is 0 Å². The second-order valence-electron chi connectivity index (χ2n) is 3.06. The zero-order chi connectivity index (χ0) is 12.8. The van der Waals surface area contributed by atoms with Crippen molar-refractivity contribution in [1.29, 1.82) is 0 Å². The maximum absolute atomic E-state index is 11.6. The van der Waals surface area contributed by atoms with E-state index in [0.717, 1.165) is 0 Å². The molecule has 0 heterocycles. The van der Waals surface area contributed by atoms with E-state index in [4.69, 9.17) is 18.9 Å². The molecule has 0 aliphatic carbocycles. The zero-order valence-electron chi connectivity index (χ0n) is 10.3. The second kappa shape index (κ2) is 5.98. The topological polar surface area (TPSA) is 54.0 Å². The van der Waals surface area contributed by atoms with Gasteiger partial charge in [0.15, 0.2) is 11.5 Å². The average molecular weight is 239 g/mol. The molecular formula is C12H15O5. The lowest BCUT2D eigenvalue weighted by atomic mass is 10.2. The molecule has 0 aromatic heterocycles. The number of carbonyl (C=O) groups is 1. The van der Waals surface area contributed by atoms with Crippen molar-refractivity contribution in [1.82, 2.24) is 0 Å². The lowest BCUT2D eigenvalue weighted by molar-refractivity contribution is 0.0611. The van der Waals surface area contributed by atoms with Gasteiger partial charge in [0.25, 0.3) is 0 Å². The van der Waals surface area contributed by atoms with Gasteiger partial charge in [-0.2, -0.15) is 0 Å². The summed E-state index contributed by atoms with van der Waals surface area (Å²) in [6.07, 6.45) is 0. The van der Waals surface area contributed by atoms with Crippen LogP contribution in [-0.2, 0) is 4.74 Å². The Bertz CT molecular complexity index is 375. The fourth-order valence-electron chi connectivity index (χ4n) is 1.37. The van der Waals surface area contributed by atoms with Crippen molar-refractivity contribution in [2.24, 2.45) is 0 Å². The first-order valence-corrected chi connectivity index (χ1v) is 4.96. The lowest BCUT2D eigenvalue weighted by Crippen LogP contribution is -2.04. The summed E-state index contributed by atoms with van der Waals surface area (Å²) in [5.74, 6) is 0.781. The van der Waals surface area contributed by atoms with Crippen LogP contribution in [0.3, 0.4) is 0 Å². The lowest BCUT2D eigenvalue weighted by Gasteiger charge is -2.13. The summed E-state index contributed by atoms with van der Waals surface area (Å²) in [6.45, 7) is 2.93. The summed E-state index contributed by atoms with van der Waals surface area (Å²) in [4.78, 5) is 11.6. The highest BCUT2D eigenvalue weighted by Gasteiger charge is 2.17. The van der Waals surface area contributed by atoms with E-state index in [9.17, 15) is 4.79 Å². The smallest absolute Gasteiger partial charge is 0.338 e. The number of rotatable bonds is 5. The Balaban J connectivity index is 3.22. The average Bonchev–Trinajstić information content (AvgIpc) is 2.37. The van der Waals surface area contributed by atoms with Gasteiger partial charge < -0.3 is 18.9 Å². The highest BCUT2D eigenvalue weighted by atomic mass is 16.5. The van der Waals surface area contributed by atoms with Gasteiger partial charge >= 0.3 is 5.97 Å². The molecule has 1 aromatic rings. The molecule has 0 saturated carbocycles. The molecule has 0 spiro atoms. The largest absolute Gasteiger partial charge is 0.493 e. The van der Waals surface area contributed by atoms with Crippen molar-refractivity contribution >= 4 is 5.97 Å². The minimum Gasteiger partial charge on any atom is -0.493 e.